The van der Waals surface area contributed by atoms with Gasteiger partial charge in [0.2, 0.25) is 0 Å². The van der Waals surface area contributed by atoms with Gasteiger partial charge in [0.25, 0.3) is 21.6 Å². The number of ether oxygens (including phenoxy) is 2. The molecule has 0 aliphatic heterocycles. The highest BCUT2D eigenvalue weighted by Crippen LogP contribution is 2.19. The lowest BCUT2D eigenvalue weighted by Crippen LogP contribution is -2.41. The smallest absolute Gasteiger partial charge is 0.338 e. The molecule has 0 unspecified atom stereocenters. The highest BCUT2D eigenvalue weighted by molar-refractivity contribution is 7.89. The fourth-order valence-corrected chi connectivity index (χ4v) is 3.05. The summed E-state index contributed by atoms with van der Waals surface area (Å²) in [7, 11) is -3.04. The van der Waals surface area contributed by atoms with Gasteiger partial charge in [0.05, 0.1) is 29.1 Å². The number of carbonyl (C=O) groups is 2. The van der Waals surface area contributed by atoms with Crippen LogP contribution in [-0.4, -0.2) is 38.9 Å². The van der Waals surface area contributed by atoms with Gasteiger partial charge in [-0.15, -0.1) is 4.83 Å². The van der Waals surface area contributed by atoms with E-state index in [-0.39, 0.29) is 16.0 Å². The maximum absolute atomic E-state index is 12.3. The topological polar surface area (TPSA) is 154 Å². The molecule has 0 aliphatic rings. The minimum atomic E-state index is -4.12. The molecule has 0 radical (unpaired) electrons. The number of amides is 1. The molecule has 0 aromatic heterocycles. The number of nitrogens with zero attached hydrogens (tertiary/aromatic N) is 1. The maximum Gasteiger partial charge on any atom is 0.338 e. The molecule has 0 atom stereocenters. The summed E-state index contributed by atoms with van der Waals surface area (Å²) in [6.45, 7) is 2.19. The van der Waals surface area contributed by atoms with E-state index in [1.807, 2.05) is 10.3 Å². The second-order valence-electron chi connectivity index (χ2n) is 5.48. The van der Waals surface area contributed by atoms with Crippen molar-refractivity contribution >= 4 is 27.6 Å². The highest BCUT2D eigenvalue weighted by atomic mass is 32.2. The second-order valence-corrected chi connectivity index (χ2v) is 7.16. The number of carbonyl (C=O) groups excluding carboxylic acids is 2. The van der Waals surface area contributed by atoms with Crippen LogP contribution < -0.4 is 15.0 Å². The average molecular weight is 423 g/mol. The van der Waals surface area contributed by atoms with Crippen molar-refractivity contribution in [3.8, 4) is 5.75 Å². The van der Waals surface area contributed by atoms with Gasteiger partial charge in [-0.25, -0.2) is 13.2 Å². The first-order valence-corrected chi connectivity index (χ1v) is 9.59. The highest BCUT2D eigenvalue weighted by Gasteiger charge is 2.20. The first kappa shape index (κ1) is 21.8. The fraction of sp³-hybridized carbons (Fsp3) is 0.176. The van der Waals surface area contributed by atoms with Gasteiger partial charge in [-0.2, -0.15) is 0 Å². The molecule has 0 heterocycles. The molecular weight excluding hydrogens is 406 g/mol. The van der Waals surface area contributed by atoms with Crippen molar-refractivity contribution in [2.45, 2.75) is 11.8 Å². The van der Waals surface area contributed by atoms with Crippen LogP contribution >= 0.6 is 0 Å². The number of hydrazine groups is 1. The van der Waals surface area contributed by atoms with Gasteiger partial charge in [-0.3, -0.25) is 20.3 Å². The van der Waals surface area contributed by atoms with Crippen molar-refractivity contribution in [1.82, 2.24) is 10.3 Å². The van der Waals surface area contributed by atoms with Gasteiger partial charge >= 0.3 is 5.97 Å². The number of sulfonamides is 1. The SMILES string of the molecule is CCOc1ccc(S(=O)(=O)NNC(=O)c2cc(C(=O)OC)cc([N+](=O)[O-])c2)cc1. The second kappa shape index (κ2) is 9.12. The van der Waals surface area contributed by atoms with E-state index in [0.29, 0.717) is 12.4 Å². The Morgan fingerprint density at radius 3 is 2.28 bits per heavy atom. The zero-order valence-electron chi connectivity index (χ0n) is 15.4. The van der Waals surface area contributed by atoms with Gasteiger partial charge in [0.1, 0.15) is 5.75 Å². The van der Waals surface area contributed by atoms with Crippen LogP contribution in [0.25, 0.3) is 0 Å². The number of esters is 1. The Bertz CT molecular complexity index is 1040. The number of nitro groups is 1. The average Bonchev–Trinajstić information content (AvgIpc) is 2.71. The Labute approximate surface area is 165 Å². The van der Waals surface area contributed by atoms with Crippen LogP contribution in [-0.2, 0) is 14.8 Å². The fourth-order valence-electron chi connectivity index (χ4n) is 2.21. The summed E-state index contributed by atoms with van der Waals surface area (Å²) in [5.41, 5.74) is 0.864. The van der Waals surface area contributed by atoms with Gasteiger partial charge in [0, 0.05) is 17.7 Å². The third kappa shape index (κ3) is 5.49. The van der Waals surface area contributed by atoms with Gasteiger partial charge in [0.15, 0.2) is 0 Å². The molecule has 0 saturated carbocycles. The molecule has 2 aromatic carbocycles. The summed E-state index contributed by atoms with van der Waals surface area (Å²) >= 11 is 0. The quantitative estimate of drug-likeness (QED) is 0.367. The number of hydrogen-bond donors (Lipinski definition) is 2. The number of hydrogen-bond acceptors (Lipinski definition) is 8. The summed E-state index contributed by atoms with van der Waals surface area (Å²) in [5, 5.41) is 11.0. The van der Waals surface area contributed by atoms with E-state index in [1.54, 1.807) is 6.92 Å². The zero-order valence-corrected chi connectivity index (χ0v) is 16.2. The molecule has 11 nitrogen and oxygen atoms in total. The molecule has 0 saturated heterocycles. The number of methoxy groups -OCH3 is 1. The van der Waals surface area contributed by atoms with E-state index in [9.17, 15) is 28.1 Å². The minimum Gasteiger partial charge on any atom is -0.494 e. The summed E-state index contributed by atoms with van der Waals surface area (Å²) in [6, 6.07) is 8.33. The number of nitro benzene ring substituents is 1. The monoisotopic (exact) mass is 423 g/mol. The Morgan fingerprint density at radius 1 is 1.10 bits per heavy atom. The summed E-state index contributed by atoms with van der Waals surface area (Å²) < 4.78 is 34.3. The number of nitrogens with one attached hydrogen (secondary N) is 2. The molecule has 0 bridgehead atoms. The van der Waals surface area contributed by atoms with Crippen LogP contribution in [0.5, 0.6) is 5.75 Å². The predicted octanol–water partition coefficient (Wildman–Crippen LogP) is 1.40. The first-order valence-electron chi connectivity index (χ1n) is 8.10. The minimum absolute atomic E-state index is 0.143. The molecule has 1 amide bonds. The van der Waals surface area contributed by atoms with Crippen molar-refractivity contribution in [1.29, 1.82) is 0 Å². The number of non-ortho nitro benzene ring substituents is 1. The largest absolute Gasteiger partial charge is 0.494 e. The van der Waals surface area contributed by atoms with Crippen molar-refractivity contribution < 1.29 is 32.4 Å². The summed E-state index contributed by atoms with van der Waals surface area (Å²) in [5.74, 6) is -1.42. The molecule has 2 rings (SSSR count). The van der Waals surface area contributed by atoms with E-state index >= 15 is 0 Å². The van der Waals surface area contributed by atoms with E-state index < -0.39 is 32.5 Å². The van der Waals surface area contributed by atoms with Crippen molar-refractivity contribution in [2.24, 2.45) is 0 Å². The Hall–Kier alpha value is -3.51. The lowest BCUT2D eigenvalue weighted by Gasteiger charge is -2.10. The molecule has 154 valence electrons. The van der Waals surface area contributed by atoms with Crippen LogP contribution in [0.15, 0.2) is 47.4 Å². The third-order valence-electron chi connectivity index (χ3n) is 3.56. The van der Waals surface area contributed by atoms with E-state index in [2.05, 4.69) is 4.74 Å². The van der Waals surface area contributed by atoms with E-state index in [4.69, 9.17) is 4.74 Å². The van der Waals surface area contributed by atoms with Crippen molar-refractivity contribution in [3.05, 3.63) is 63.7 Å². The number of rotatable bonds is 8. The van der Waals surface area contributed by atoms with E-state index in [1.165, 1.54) is 24.3 Å². The lowest BCUT2D eigenvalue weighted by atomic mass is 10.1. The normalized spacial score (nSPS) is 10.8. The Kier molecular flexibility index (Phi) is 6.85. The first-order chi connectivity index (χ1) is 13.7. The van der Waals surface area contributed by atoms with Crippen LogP contribution in [0.2, 0.25) is 0 Å². The number of benzene rings is 2. The van der Waals surface area contributed by atoms with Crippen LogP contribution in [0, 0.1) is 10.1 Å². The van der Waals surface area contributed by atoms with Crippen molar-refractivity contribution in [3.63, 3.8) is 0 Å². The third-order valence-corrected chi connectivity index (χ3v) is 4.82. The molecule has 2 aromatic rings. The van der Waals surface area contributed by atoms with Gasteiger partial charge in [-0.1, -0.05) is 0 Å². The molecule has 2 N–H and O–H groups in total. The zero-order chi connectivity index (χ0) is 21.6. The molecular formula is C17H17N3O8S. The summed E-state index contributed by atoms with van der Waals surface area (Å²) in [4.78, 5) is 35.9. The van der Waals surface area contributed by atoms with E-state index in [0.717, 1.165) is 25.3 Å². The maximum atomic E-state index is 12.3. The van der Waals surface area contributed by atoms with Crippen LogP contribution in [0.1, 0.15) is 27.6 Å². The Balaban J connectivity index is 2.20. The van der Waals surface area contributed by atoms with Crippen molar-refractivity contribution in [2.75, 3.05) is 13.7 Å². The Morgan fingerprint density at radius 2 is 1.72 bits per heavy atom. The predicted molar refractivity (Wildman–Crippen MR) is 99.8 cm³/mol. The molecule has 0 aliphatic carbocycles. The lowest BCUT2D eigenvalue weighted by molar-refractivity contribution is -0.384. The summed E-state index contributed by atoms with van der Waals surface area (Å²) in [6.07, 6.45) is 0. The van der Waals surface area contributed by atoms with Gasteiger partial charge < -0.3 is 9.47 Å². The molecule has 0 spiro atoms. The molecule has 12 heteroatoms. The molecule has 29 heavy (non-hydrogen) atoms. The van der Waals surface area contributed by atoms with Crippen LogP contribution in [0.3, 0.4) is 0 Å². The molecule has 0 fully saturated rings. The standard InChI is InChI=1S/C17H17N3O8S/c1-3-28-14-4-6-15(7-5-14)29(25,26)19-18-16(21)11-8-12(17(22)27-2)10-13(9-11)20(23)24/h4-10,19H,3H2,1-2H3,(H,18,21). The van der Waals surface area contributed by atoms with Gasteiger partial charge in [-0.05, 0) is 37.3 Å². The van der Waals surface area contributed by atoms with Crippen LogP contribution in [0.4, 0.5) is 5.69 Å².